The van der Waals surface area contributed by atoms with Gasteiger partial charge >= 0.3 is 13.5 Å². The van der Waals surface area contributed by atoms with E-state index in [1.54, 1.807) is 19.1 Å². The van der Waals surface area contributed by atoms with Crippen LogP contribution in [0.5, 0.6) is 5.75 Å². The summed E-state index contributed by atoms with van der Waals surface area (Å²) < 4.78 is 35.9. The summed E-state index contributed by atoms with van der Waals surface area (Å²) in [7, 11) is -3.71. The van der Waals surface area contributed by atoms with Gasteiger partial charge < -0.3 is 9.26 Å². The molecule has 2 aliphatic rings. The number of H-pyrrole nitrogens is 1. The van der Waals surface area contributed by atoms with Crippen molar-refractivity contribution >= 4 is 7.82 Å². The van der Waals surface area contributed by atoms with Crippen molar-refractivity contribution in [3.05, 3.63) is 62.4 Å². The van der Waals surface area contributed by atoms with Crippen molar-refractivity contribution in [2.75, 3.05) is 6.61 Å². The van der Waals surface area contributed by atoms with Crippen LogP contribution in [0.4, 0.5) is 0 Å². The first-order valence-electron chi connectivity index (χ1n) is 8.58. The molecule has 9 nitrogen and oxygen atoms in total. The maximum atomic E-state index is 12.6. The molecule has 1 fully saturated rings. The van der Waals surface area contributed by atoms with E-state index in [1.165, 1.54) is 10.8 Å². The van der Waals surface area contributed by atoms with E-state index in [-0.39, 0.29) is 19.3 Å². The lowest BCUT2D eigenvalue weighted by molar-refractivity contribution is -0.0265. The molecular formula is C17H19N2O7P. The molecule has 3 atom stereocenters. The predicted molar refractivity (Wildman–Crippen MR) is 94.6 cm³/mol. The third kappa shape index (κ3) is 3.77. The molecule has 0 amide bonds. The predicted octanol–water partition coefficient (Wildman–Crippen LogP) is 2.26. The minimum atomic E-state index is -3.71. The highest BCUT2D eigenvalue weighted by Gasteiger charge is 2.36. The van der Waals surface area contributed by atoms with Gasteiger partial charge in [-0.05, 0) is 25.8 Å². The zero-order valence-corrected chi connectivity index (χ0v) is 15.5. The molecule has 0 bridgehead atoms. The second-order valence-corrected chi connectivity index (χ2v) is 8.08. The first kappa shape index (κ1) is 18.2. The number of fused-ring (bicyclic) bond motifs is 1. The van der Waals surface area contributed by atoms with Crippen LogP contribution in [0.1, 0.15) is 30.2 Å². The number of nitrogens with zero attached hydrogens (tertiary/aromatic N) is 1. The van der Waals surface area contributed by atoms with Gasteiger partial charge in [0.25, 0.3) is 5.56 Å². The van der Waals surface area contributed by atoms with Crippen molar-refractivity contribution < 1.29 is 22.9 Å². The molecule has 4 rings (SSSR count). The molecule has 144 valence electrons. The van der Waals surface area contributed by atoms with Crippen molar-refractivity contribution in [2.45, 2.75) is 38.7 Å². The third-order valence-electron chi connectivity index (χ3n) is 4.52. The van der Waals surface area contributed by atoms with Crippen molar-refractivity contribution in [2.24, 2.45) is 0 Å². The van der Waals surface area contributed by atoms with Gasteiger partial charge in [0.05, 0.1) is 19.3 Å². The van der Waals surface area contributed by atoms with Crippen LogP contribution < -0.4 is 15.8 Å². The normalized spacial score (nSPS) is 27.1. The lowest BCUT2D eigenvalue weighted by Gasteiger charge is -2.25. The number of para-hydroxylation sites is 1. The Balaban J connectivity index is 1.38. The van der Waals surface area contributed by atoms with Crippen LogP contribution in [0.25, 0.3) is 0 Å². The fourth-order valence-electron chi connectivity index (χ4n) is 3.06. The fourth-order valence-corrected chi connectivity index (χ4v) is 4.30. The summed E-state index contributed by atoms with van der Waals surface area (Å²) in [5, 5.41) is 0. The van der Waals surface area contributed by atoms with Crippen LogP contribution in [0.15, 0.2) is 40.1 Å². The molecule has 0 radical (unpaired) electrons. The van der Waals surface area contributed by atoms with Crippen molar-refractivity contribution in [3.63, 3.8) is 0 Å². The number of hydrogen-bond donors (Lipinski definition) is 1. The van der Waals surface area contributed by atoms with Gasteiger partial charge in [-0.1, -0.05) is 18.2 Å². The van der Waals surface area contributed by atoms with Crippen molar-refractivity contribution in [1.29, 1.82) is 0 Å². The Kier molecular flexibility index (Phi) is 4.77. The van der Waals surface area contributed by atoms with E-state index in [1.807, 2.05) is 12.1 Å². The summed E-state index contributed by atoms with van der Waals surface area (Å²) in [5.74, 6) is 0.479. The Labute approximate surface area is 154 Å². The standard InChI is InChI=1S/C17H19N2O7P/c1-11-8-19(17(21)18-16(11)20)15-7-6-13(25-15)10-24-27(22)23-9-12-4-2-3-5-14(12)26-27/h2-5,8,13,15H,6-7,9-10H2,1H3,(H,18,20,21)/t13-,15+,27?/m0/s1. The highest BCUT2D eigenvalue weighted by Crippen LogP contribution is 2.54. The Morgan fingerprint density at radius 3 is 2.96 bits per heavy atom. The van der Waals surface area contributed by atoms with E-state index in [0.29, 0.717) is 24.2 Å². The molecule has 1 N–H and O–H groups in total. The van der Waals surface area contributed by atoms with Crippen LogP contribution in [-0.2, 0) is 25.0 Å². The molecule has 27 heavy (non-hydrogen) atoms. The number of ether oxygens (including phenoxy) is 1. The zero-order chi connectivity index (χ0) is 19.0. The molecule has 2 aromatic rings. The summed E-state index contributed by atoms with van der Waals surface area (Å²) in [4.78, 5) is 25.7. The molecule has 1 unspecified atom stereocenters. The van der Waals surface area contributed by atoms with Gasteiger partial charge in [-0.15, -0.1) is 0 Å². The lowest BCUT2D eigenvalue weighted by atomic mass is 10.2. The van der Waals surface area contributed by atoms with E-state index in [2.05, 4.69) is 4.98 Å². The van der Waals surface area contributed by atoms with Gasteiger partial charge in [0.1, 0.15) is 12.0 Å². The van der Waals surface area contributed by atoms with Gasteiger partial charge in [0, 0.05) is 17.3 Å². The number of phosphoric acid groups is 1. The third-order valence-corrected chi connectivity index (χ3v) is 5.85. The summed E-state index contributed by atoms with van der Waals surface area (Å²) in [6.07, 6.45) is 1.75. The second-order valence-electron chi connectivity index (χ2n) is 6.48. The van der Waals surface area contributed by atoms with E-state index < -0.39 is 25.3 Å². The molecule has 2 aliphatic heterocycles. The first-order valence-corrected chi connectivity index (χ1v) is 10.0. The van der Waals surface area contributed by atoms with Crippen LogP contribution in [0.2, 0.25) is 0 Å². The molecule has 3 heterocycles. The van der Waals surface area contributed by atoms with E-state index in [0.717, 1.165) is 5.56 Å². The van der Waals surface area contributed by atoms with E-state index >= 15 is 0 Å². The van der Waals surface area contributed by atoms with Crippen molar-refractivity contribution in [3.8, 4) is 5.75 Å². The highest BCUT2D eigenvalue weighted by atomic mass is 31.2. The molecular weight excluding hydrogens is 375 g/mol. The number of rotatable bonds is 4. The molecule has 1 aromatic carbocycles. The highest BCUT2D eigenvalue weighted by molar-refractivity contribution is 7.49. The minimum absolute atomic E-state index is 0.00697. The second kappa shape index (κ2) is 7.09. The number of hydrogen-bond acceptors (Lipinski definition) is 7. The summed E-state index contributed by atoms with van der Waals surface area (Å²) in [5.41, 5.74) is 0.280. The van der Waals surface area contributed by atoms with Crippen LogP contribution in [0, 0.1) is 6.92 Å². The lowest BCUT2D eigenvalue weighted by Crippen LogP contribution is -2.33. The minimum Gasteiger partial charge on any atom is -0.404 e. The number of aryl methyl sites for hydroxylation is 1. The van der Waals surface area contributed by atoms with E-state index in [4.69, 9.17) is 18.3 Å². The number of aromatic nitrogens is 2. The number of nitrogens with one attached hydrogen (secondary N) is 1. The Bertz CT molecular complexity index is 1010. The molecule has 0 saturated carbocycles. The Hall–Kier alpha value is -2.19. The average molecular weight is 394 g/mol. The maximum absolute atomic E-state index is 12.6. The van der Waals surface area contributed by atoms with Gasteiger partial charge in [-0.3, -0.25) is 23.4 Å². The molecule has 0 aliphatic carbocycles. The average Bonchev–Trinajstić information content (AvgIpc) is 3.12. The van der Waals surface area contributed by atoms with Crippen LogP contribution in [0.3, 0.4) is 0 Å². The van der Waals surface area contributed by atoms with Gasteiger partial charge in [-0.25, -0.2) is 9.36 Å². The zero-order valence-electron chi connectivity index (χ0n) is 14.6. The smallest absolute Gasteiger partial charge is 0.404 e. The monoisotopic (exact) mass is 394 g/mol. The van der Waals surface area contributed by atoms with Crippen molar-refractivity contribution in [1.82, 2.24) is 9.55 Å². The van der Waals surface area contributed by atoms with Crippen LogP contribution >= 0.6 is 7.82 Å². The Morgan fingerprint density at radius 2 is 2.11 bits per heavy atom. The Morgan fingerprint density at radius 1 is 1.30 bits per heavy atom. The van der Waals surface area contributed by atoms with E-state index in [9.17, 15) is 14.2 Å². The number of phosphoric ester groups is 1. The first-order chi connectivity index (χ1) is 12.9. The van der Waals surface area contributed by atoms with Gasteiger partial charge in [0.15, 0.2) is 0 Å². The quantitative estimate of drug-likeness (QED) is 0.792. The molecule has 10 heteroatoms. The number of benzene rings is 1. The van der Waals surface area contributed by atoms with Crippen LogP contribution in [-0.4, -0.2) is 22.3 Å². The van der Waals surface area contributed by atoms with Gasteiger partial charge in [-0.2, -0.15) is 0 Å². The topological polar surface area (TPSA) is 109 Å². The molecule has 1 aromatic heterocycles. The molecule has 0 spiro atoms. The SMILES string of the molecule is Cc1cn([C@H]2CC[C@@H](COP3(=O)OCc4ccccc4O3)O2)c(=O)[nH]c1=O. The summed E-state index contributed by atoms with van der Waals surface area (Å²) in [6.45, 7) is 1.77. The number of aromatic amines is 1. The maximum Gasteiger partial charge on any atom is 0.530 e. The summed E-state index contributed by atoms with van der Waals surface area (Å²) >= 11 is 0. The summed E-state index contributed by atoms with van der Waals surface area (Å²) in [6, 6.07) is 7.16. The largest absolute Gasteiger partial charge is 0.530 e. The molecule has 1 saturated heterocycles. The van der Waals surface area contributed by atoms with Gasteiger partial charge in [0.2, 0.25) is 0 Å². The fraction of sp³-hybridized carbons (Fsp3) is 0.412.